The number of carbonyl (C=O) groups is 1. The van der Waals surface area contributed by atoms with Gasteiger partial charge in [-0.1, -0.05) is 134 Å². The highest BCUT2D eigenvalue weighted by Gasteiger charge is 2.44. The van der Waals surface area contributed by atoms with Gasteiger partial charge in [0.1, 0.15) is 24.4 Å². The first-order valence-electron chi connectivity index (χ1n) is 19.7. The van der Waals surface area contributed by atoms with Crippen molar-refractivity contribution < 1.29 is 39.8 Å². The molecule has 1 aliphatic rings. The van der Waals surface area contributed by atoms with Crippen LogP contribution >= 0.6 is 0 Å². The molecule has 0 aliphatic carbocycles. The Hall–Kier alpha value is -1.59. The molecular formula is C40H73NO8. The van der Waals surface area contributed by atoms with Gasteiger partial charge in [0.15, 0.2) is 6.29 Å². The second-order valence-electron chi connectivity index (χ2n) is 13.7. The molecule has 0 aromatic rings. The number of aliphatic hydroxyl groups excluding tert-OH is 5. The number of rotatable bonds is 31. The van der Waals surface area contributed by atoms with E-state index in [0.29, 0.717) is 12.8 Å². The zero-order chi connectivity index (χ0) is 36.0. The minimum atomic E-state index is -1.55. The predicted octanol–water partition coefficient (Wildman–Crippen LogP) is 6.94. The molecule has 0 saturated carbocycles. The molecule has 1 rings (SSSR count). The summed E-state index contributed by atoms with van der Waals surface area (Å²) in [5.41, 5.74) is 0. The number of amides is 1. The molecule has 9 heteroatoms. The third kappa shape index (κ3) is 22.8. The topological polar surface area (TPSA) is 149 Å². The fourth-order valence-electron chi connectivity index (χ4n) is 5.99. The van der Waals surface area contributed by atoms with Crippen LogP contribution in [0.1, 0.15) is 155 Å². The van der Waals surface area contributed by atoms with Gasteiger partial charge in [-0.3, -0.25) is 4.79 Å². The lowest BCUT2D eigenvalue weighted by Gasteiger charge is -2.40. The molecule has 1 saturated heterocycles. The quantitative estimate of drug-likeness (QED) is 0.0338. The van der Waals surface area contributed by atoms with E-state index in [0.717, 1.165) is 57.8 Å². The van der Waals surface area contributed by atoms with E-state index in [2.05, 4.69) is 55.6 Å². The fourth-order valence-corrected chi connectivity index (χ4v) is 5.99. The van der Waals surface area contributed by atoms with Crippen molar-refractivity contribution in [2.75, 3.05) is 13.2 Å². The maximum absolute atomic E-state index is 12.7. The van der Waals surface area contributed by atoms with E-state index in [-0.39, 0.29) is 12.5 Å². The number of aliphatic hydroxyl groups is 5. The normalized spacial score (nSPS) is 22.8. The molecule has 0 spiro atoms. The minimum absolute atomic E-state index is 0.147. The summed E-state index contributed by atoms with van der Waals surface area (Å²) in [7, 11) is 0. The van der Waals surface area contributed by atoms with Crippen LogP contribution in [0.2, 0.25) is 0 Å². The van der Waals surface area contributed by atoms with E-state index >= 15 is 0 Å². The number of carbonyl (C=O) groups excluding carboxylic acids is 1. The molecule has 286 valence electrons. The molecular weight excluding hydrogens is 622 g/mol. The van der Waals surface area contributed by atoms with E-state index in [4.69, 9.17) is 9.47 Å². The van der Waals surface area contributed by atoms with Gasteiger partial charge in [-0.05, 0) is 51.4 Å². The zero-order valence-electron chi connectivity index (χ0n) is 30.9. The van der Waals surface area contributed by atoms with Gasteiger partial charge >= 0.3 is 0 Å². The van der Waals surface area contributed by atoms with Crippen LogP contribution in [-0.4, -0.2) is 87.5 Å². The van der Waals surface area contributed by atoms with Gasteiger partial charge in [0.2, 0.25) is 5.91 Å². The van der Waals surface area contributed by atoms with Gasteiger partial charge in [-0.25, -0.2) is 0 Å². The van der Waals surface area contributed by atoms with Crippen LogP contribution in [-0.2, 0) is 14.3 Å². The Morgan fingerprint density at radius 2 is 1.20 bits per heavy atom. The maximum atomic E-state index is 12.7. The third-order valence-electron chi connectivity index (χ3n) is 9.25. The first-order valence-corrected chi connectivity index (χ1v) is 19.7. The van der Waals surface area contributed by atoms with Crippen LogP contribution in [0.25, 0.3) is 0 Å². The van der Waals surface area contributed by atoms with Crippen LogP contribution in [0.15, 0.2) is 36.5 Å². The van der Waals surface area contributed by atoms with Crippen molar-refractivity contribution in [3.63, 3.8) is 0 Å². The second-order valence-corrected chi connectivity index (χ2v) is 13.7. The zero-order valence-corrected chi connectivity index (χ0v) is 30.9. The molecule has 0 radical (unpaired) electrons. The summed E-state index contributed by atoms with van der Waals surface area (Å²) >= 11 is 0. The number of unbranched alkanes of at least 4 members (excludes halogenated alkanes) is 15. The third-order valence-corrected chi connectivity index (χ3v) is 9.25. The van der Waals surface area contributed by atoms with Gasteiger partial charge < -0.3 is 40.3 Å². The molecule has 1 aliphatic heterocycles. The monoisotopic (exact) mass is 696 g/mol. The summed E-state index contributed by atoms with van der Waals surface area (Å²) in [5.74, 6) is -0.166. The van der Waals surface area contributed by atoms with E-state index in [9.17, 15) is 30.3 Å². The lowest BCUT2D eigenvalue weighted by molar-refractivity contribution is -0.302. The summed E-state index contributed by atoms with van der Waals surface area (Å²) in [4.78, 5) is 12.7. The van der Waals surface area contributed by atoms with E-state index in [1.54, 1.807) is 0 Å². The van der Waals surface area contributed by atoms with E-state index in [1.165, 1.54) is 70.6 Å². The second kappa shape index (κ2) is 31.2. The summed E-state index contributed by atoms with van der Waals surface area (Å²) in [6.45, 7) is 3.63. The minimum Gasteiger partial charge on any atom is -0.394 e. The molecule has 1 fully saturated rings. The average Bonchev–Trinajstić information content (AvgIpc) is 3.10. The maximum Gasteiger partial charge on any atom is 0.220 e. The number of ether oxygens (including phenoxy) is 2. The van der Waals surface area contributed by atoms with Crippen LogP contribution in [0.3, 0.4) is 0 Å². The van der Waals surface area contributed by atoms with Gasteiger partial charge in [0, 0.05) is 6.42 Å². The molecule has 0 aromatic carbocycles. The number of nitrogens with one attached hydrogen (secondary N) is 1. The predicted molar refractivity (Wildman–Crippen MR) is 198 cm³/mol. The highest BCUT2D eigenvalue weighted by Crippen LogP contribution is 2.22. The van der Waals surface area contributed by atoms with Crippen molar-refractivity contribution in [1.82, 2.24) is 5.32 Å². The van der Waals surface area contributed by atoms with E-state index in [1.807, 2.05) is 0 Å². The molecule has 9 nitrogen and oxygen atoms in total. The molecule has 1 amide bonds. The fraction of sp³-hybridized carbons (Fsp3) is 0.825. The summed E-state index contributed by atoms with van der Waals surface area (Å²) in [5, 5.41) is 53.4. The summed E-state index contributed by atoms with van der Waals surface area (Å²) in [6.07, 6.45) is 29.5. The SMILES string of the molecule is CCCCCCC/C=C\C/C=C\C/C=C\CCCCCCCCCCC(=O)NC(COC1OC(CO)C(O)C(O)C1O)C(O)CCCCC. The molecule has 0 bridgehead atoms. The number of allylic oxidation sites excluding steroid dienone is 6. The number of hydrogen-bond acceptors (Lipinski definition) is 8. The Morgan fingerprint density at radius 1 is 0.694 bits per heavy atom. The standard InChI is InChI=1S/C40H73NO8/c1-3-5-7-8-9-10-11-12-13-14-15-16-17-18-19-20-21-22-23-24-25-26-28-30-36(44)41-33(34(43)29-27-6-4-2)32-48-40-39(47)38(46)37(45)35(31-42)49-40/h11-12,14-15,17-18,33-35,37-40,42-43,45-47H,3-10,13,16,19-32H2,1-2H3,(H,41,44)/b12-11-,15-14-,18-17-. The average molecular weight is 696 g/mol. The Morgan fingerprint density at radius 3 is 1.78 bits per heavy atom. The summed E-state index contributed by atoms with van der Waals surface area (Å²) < 4.78 is 11.1. The Kier molecular flexibility index (Phi) is 28.9. The van der Waals surface area contributed by atoms with E-state index < -0.39 is 49.5 Å². The molecule has 7 unspecified atom stereocenters. The largest absolute Gasteiger partial charge is 0.394 e. The highest BCUT2D eigenvalue weighted by molar-refractivity contribution is 5.76. The molecule has 7 atom stereocenters. The van der Waals surface area contributed by atoms with Gasteiger partial charge in [-0.2, -0.15) is 0 Å². The van der Waals surface area contributed by atoms with Crippen molar-refractivity contribution in [3.05, 3.63) is 36.5 Å². The van der Waals surface area contributed by atoms with Crippen LogP contribution in [0, 0.1) is 0 Å². The van der Waals surface area contributed by atoms with Crippen molar-refractivity contribution in [2.45, 2.75) is 198 Å². The van der Waals surface area contributed by atoms with Crippen LogP contribution < -0.4 is 5.32 Å². The van der Waals surface area contributed by atoms with Crippen molar-refractivity contribution in [3.8, 4) is 0 Å². The van der Waals surface area contributed by atoms with Gasteiger partial charge in [0.05, 0.1) is 25.4 Å². The Labute approximate surface area is 298 Å². The Bertz CT molecular complexity index is 863. The van der Waals surface area contributed by atoms with Crippen molar-refractivity contribution in [1.29, 1.82) is 0 Å². The van der Waals surface area contributed by atoms with Gasteiger partial charge in [0.25, 0.3) is 0 Å². The molecule has 49 heavy (non-hydrogen) atoms. The number of hydrogen-bond donors (Lipinski definition) is 6. The van der Waals surface area contributed by atoms with Crippen molar-refractivity contribution >= 4 is 5.91 Å². The molecule has 6 N–H and O–H groups in total. The smallest absolute Gasteiger partial charge is 0.220 e. The first kappa shape index (κ1) is 45.4. The van der Waals surface area contributed by atoms with Crippen LogP contribution in [0.5, 0.6) is 0 Å². The lowest BCUT2D eigenvalue weighted by atomic mass is 9.99. The Balaban J connectivity index is 2.16. The summed E-state index contributed by atoms with van der Waals surface area (Å²) in [6, 6.07) is -0.718. The lowest BCUT2D eigenvalue weighted by Crippen LogP contribution is -2.60. The molecule has 0 aromatic heterocycles. The van der Waals surface area contributed by atoms with Crippen molar-refractivity contribution in [2.24, 2.45) is 0 Å². The van der Waals surface area contributed by atoms with Crippen LogP contribution in [0.4, 0.5) is 0 Å². The molecule has 1 heterocycles. The first-order chi connectivity index (χ1) is 23.8. The van der Waals surface area contributed by atoms with Gasteiger partial charge in [-0.15, -0.1) is 0 Å². The highest BCUT2D eigenvalue weighted by atomic mass is 16.7.